The third-order valence-electron chi connectivity index (χ3n) is 3.55. The van der Waals surface area contributed by atoms with Gasteiger partial charge in [-0.15, -0.1) is 0 Å². The van der Waals surface area contributed by atoms with Crippen LogP contribution in [0.3, 0.4) is 0 Å². The fourth-order valence-corrected chi connectivity index (χ4v) is 2.55. The summed E-state index contributed by atoms with van der Waals surface area (Å²) in [5.74, 6) is 0. The van der Waals surface area contributed by atoms with Crippen LogP contribution in [0.2, 0.25) is 0 Å². The van der Waals surface area contributed by atoms with Crippen LogP contribution in [-0.2, 0) is 12.1 Å². The van der Waals surface area contributed by atoms with Crippen molar-refractivity contribution in [2.75, 3.05) is 6.54 Å². The molecule has 0 spiro atoms. The fourth-order valence-electron chi connectivity index (χ4n) is 2.18. The molecule has 0 saturated carbocycles. The summed E-state index contributed by atoms with van der Waals surface area (Å²) in [6.07, 6.45) is 0. The highest BCUT2D eigenvalue weighted by atomic mass is 79.9. The van der Waals surface area contributed by atoms with Crippen molar-refractivity contribution in [3.8, 4) is 0 Å². The Morgan fingerprint density at radius 3 is 2.18 bits per heavy atom. The number of rotatable bonds is 6. The van der Waals surface area contributed by atoms with Gasteiger partial charge in [-0.25, -0.2) is 0 Å². The Kier molecular flexibility index (Phi) is 5.32. The number of nitrogens with one attached hydrogen (secondary N) is 1. The largest absolute Gasteiger partial charge is 0.377 e. The van der Waals surface area contributed by atoms with E-state index >= 15 is 0 Å². The first-order valence-electron chi connectivity index (χ1n) is 6.94. The van der Waals surface area contributed by atoms with E-state index in [9.17, 15) is 13.9 Å². The second kappa shape index (κ2) is 6.86. The monoisotopic (exact) mass is 369 g/mol. The molecule has 2 nitrogen and oxygen atoms in total. The van der Waals surface area contributed by atoms with Crippen molar-refractivity contribution in [3.63, 3.8) is 0 Å². The minimum atomic E-state index is -3.45. The summed E-state index contributed by atoms with van der Waals surface area (Å²) in [5, 5.41) is 13.4. The van der Waals surface area contributed by atoms with Crippen LogP contribution >= 0.6 is 15.9 Å². The molecule has 0 radical (unpaired) electrons. The third-order valence-corrected chi connectivity index (χ3v) is 4.21. The summed E-state index contributed by atoms with van der Waals surface area (Å²) >= 11 is 2.32. The molecular weight excluding hydrogens is 352 g/mol. The Morgan fingerprint density at radius 1 is 1.05 bits per heavy atom. The van der Waals surface area contributed by atoms with Crippen molar-refractivity contribution in [2.45, 2.75) is 23.9 Å². The average Bonchev–Trinajstić information content (AvgIpc) is 2.47. The lowest BCUT2D eigenvalue weighted by molar-refractivity contribution is -0.119. The molecule has 1 atom stereocenters. The molecule has 2 aromatic carbocycles. The molecule has 5 heteroatoms. The number of hydrogen-bond acceptors (Lipinski definition) is 2. The van der Waals surface area contributed by atoms with Crippen molar-refractivity contribution in [3.05, 3.63) is 71.3 Å². The molecule has 2 aromatic rings. The van der Waals surface area contributed by atoms with Gasteiger partial charge >= 0.3 is 4.83 Å². The van der Waals surface area contributed by atoms with E-state index in [0.29, 0.717) is 6.54 Å². The van der Waals surface area contributed by atoms with Crippen LogP contribution < -0.4 is 5.32 Å². The summed E-state index contributed by atoms with van der Waals surface area (Å²) in [6, 6.07) is 15.9. The molecule has 22 heavy (non-hydrogen) atoms. The van der Waals surface area contributed by atoms with Gasteiger partial charge in [-0.2, -0.15) is 8.78 Å². The van der Waals surface area contributed by atoms with Crippen molar-refractivity contribution >= 4 is 15.9 Å². The SMILES string of the molecule is Cc1ccc([C@@](O)(CNCc2ccccc2)C(F)(F)Br)cc1. The lowest BCUT2D eigenvalue weighted by atomic mass is 9.93. The Labute approximate surface area is 137 Å². The van der Waals surface area contributed by atoms with Gasteiger partial charge in [-0.05, 0) is 34.0 Å². The average molecular weight is 370 g/mol. The molecule has 2 N–H and O–H groups in total. The first kappa shape index (κ1) is 17.1. The van der Waals surface area contributed by atoms with Crippen molar-refractivity contribution in [1.82, 2.24) is 5.32 Å². The van der Waals surface area contributed by atoms with Crippen LogP contribution in [0.5, 0.6) is 0 Å². The van der Waals surface area contributed by atoms with E-state index < -0.39 is 10.4 Å². The highest BCUT2D eigenvalue weighted by Crippen LogP contribution is 2.42. The third kappa shape index (κ3) is 3.91. The lowest BCUT2D eigenvalue weighted by Crippen LogP contribution is -2.48. The van der Waals surface area contributed by atoms with Gasteiger partial charge in [0.05, 0.1) is 0 Å². The zero-order valence-corrected chi connectivity index (χ0v) is 13.8. The Bertz CT molecular complexity index is 598. The second-order valence-corrected chi connectivity index (χ2v) is 6.31. The van der Waals surface area contributed by atoms with Crippen LogP contribution in [0.25, 0.3) is 0 Å². The van der Waals surface area contributed by atoms with Crippen LogP contribution in [0.1, 0.15) is 16.7 Å². The van der Waals surface area contributed by atoms with Crippen molar-refractivity contribution in [2.24, 2.45) is 0 Å². The Balaban J connectivity index is 2.14. The number of alkyl halides is 3. The molecule has 0 amide bonds. The highest BCUT2D eigenvalue weighted by Gasteiger charge is 2.51. The van der Waals surface area contributed by atoms with E-state index in [-0.39, 0.29) is 12.1 Å². The maximum Gasteiger partial charge on any atom is 0.334 e. The number of benzene rings is 2. The van der Waals surface area contributed by atoms with E-state index in [1.54, 1.807) is 12.1 Å². The molecule has 0 saturated heterocycles. The number of aryl methyl sites for hydroxylation is 1. The molecule has 0 aliphatic heterocycles. The van der Waals surface area contributed by atoms with Gasteiger partial charge in [0.2, 0.25) is 0 Å². The van der Waals surface area contributed by atoms with Crippen molar-refractivity contribution < 1.29 is 13.9 Å². The molecule has 0 aromatic heterocycles. The lowest BCUT2D eigenvalue weighted by Gasteiger charge is -2.33. The number of aliphatic hydroxyl groups is 1. The summed E-state index contributed by atoms with van der Waals surface area (Å²) in [5.41, 5.74) is -0.247. The number of hydrogen-bond donors (Lipinski definition) is 2. The molecule has 0 bridgehead atoms. The van der Waals surface area contributed by atoms with Gasteiger partial charge in [-0.1, -0.05) is 60.2 Å². The van der Waals surface area contributed by atoms with E-state index in [1.807, 2.05) is 37.3 Å². The number of halogens is 3. The highest BCUT2D eigenvalue weighted by molar-refractivity contribution is 9.10. The quantitative estimate of drug-likeness (QED) is 0.755. The zero-order valence-electron chi connectivity index (χ0n) is 12.2. The smallest absolute Gasteiger partial charge is 0.334 e. The maximum absolute atomic E-state index is 13.9. The van der Waals surface area contributed by atoms with Gasteiger partial charge in [0.1, 0.15) is 0 Å². The standard InChI is InChI=1S/C17H18BrF2NO/c1-13-7-9-15(10-8-13)16(22,17(18,19)20)12-21-11-14-5-3-2-4-6-14/h2-10,21-22H,11-12H2,1H3/t16-/m0/s1. The van der Waals surface area contributed by atoms with E-state index in [0.717, 1.165) is 11.1 Å². The molecule has 118 valence electrons. The van der Waals surface area contributed by atoms with Gasteiger partial charge in [0.15, 0.2) is 5.60 Å². The Morgan fingerprint density at radius 2 is 1.64 bits per heavy atom. The summed E-state index contributed by atoms with van der Waals surface area (Å²) < 4.78 is 27.8. The van der Waals surface area contributed by atoms with Crippen LogP contribution in [0.15, 0.2) is 54.6 Å². The predicted octanol–water partition coefficient (Wildman–Crippen LogP) is 3.96. The predicted molar refractivity (Wildman–Crippen MR) is 87.1 cm³/mol. The minimum Gasteiger partial charge on any atom is -0.377 e. The molecule has 0 heterocycles. The normalized spacial score (nSPS) is 14.6. The summed E-state index contributed by atoms with van der Waals surface area (Å²) in [4.78, 5) is -3.45. The summed E-state index contributed by atoms with van der Waals surface area (Å²) in [6.45, 7) is 1.99. The molecule has 0 fully saturated rings. The first-order chi connectivity index (χ1) is 10.3. The van der Waals surface area contributed by atoms with Crippen LogP contribution in [0.4, 0.5) is 8.78 Å². The van der Waals surface area contributed by atoms with E-state index in [4.69, 9.17) is 0 Å². The van der Waals surface area contributed by atoms with Crippen LogP contribution in [-0.4, -0.2) is 16.5 Å². The van der Waals surface area contributed by atoms with Gasteiger partial charge in [-0.3, -0.25) is 0 Å². The molecule has 2 rings (SSSR count). The minimum absolute atomic E-state index is 0.167. The molecule has 0 unspecified atom stereocenters. The van der Waals surface area contributed by atoms with Gasteiger partial charge in [0, 0.05) is 13.1 Å². The maximum atomic E-state index is 13.9. The van der Waals surface area contributed by atoms with E-state index in [1.165, 1.54) is 12.1 Å². The zero-order chi connectivity index (χ0) is 16.2. The van der Waals surface area contributed by atoms with E-state index in [2.05, 4.69) is 21.2 Å². The Hall–Kier alpha value is -1.30. The fraction of sp³-hybridized carbons (Fsp3) is 0.294. The van der Waals surface area contributed by atoms with Gasteiger partial charge in [0.25, 0.3) is 0 Å². The summed E-state index contributed by atoms with van der Waals surface area (Å²) in [7, 11) is 0. The van der Waals surface area contributed by atoms with Crippen molar-refractivity contribution in [1.29, 1.82) is 0 Å². The van der Waals surface area contributed by atoms with Crippen LogP contribution in [0, 0.1) is 6.92 Å². The molecule has 0 aliphatic rings. The first-order valence-corrected chi connectivity index (χ1v) is 7.73. The molecule has 0 aliphatic carbocycles. The second-order valence-electron chi connectivity index (χ2n) is 5.31. The topological polar surface area (TPSA) is 32.3 Å². The molecular formula is C17H18BrF2NO. The van der Waals surface area contributed by atoms with Gasteiger partial charge < -0.3 is 10.4 Å².